The Bertz CT molecular complexity index is 777. The van der Waals surface area contributed by atoms with Crippen LogP contribution in [0.3, 0.4) is 0 Å². The molecule has 0 aliphatic carbocycles. The number of rotatable bonds is 3. The number of piperidine rings is 1. The zero-order valence-electron chi connectivity index (χ0n) is 15.6. The lowest BCUT2D eigenvalue weighted by Crippen LogP contribution is -2.47. The lowest BCUT2D eigenvalue weighted by Gasteiger charge is -2.38. The topological polar surface area (TPSA) is 82.9 Å². The van der Waals surface area contributed by atoms with Gasteiger partial charge in [0.15, 0.2) is 0 Å². The second-order valence-electron chi connectivity index (χ2n) is 7.62. The Kier molecular flexibility index (Phi) is 5.93. The first-order valence-electron chi connectivity index (χ1n) is 9.24. The Balaban J connectivity index is 1.95. The fraction of sp³-hybridized carbons (Fsp3) is 0.667. The summed E-state index contributed by atoms with van der Waals surface area (Å²) in [5, 5.41) is 18.5. The van der Waals surface area contributed by atoms with E-state index in [0.717, 1.165) is 17.0 Å². The Morgan fingerprint density at radius 1 is 1.23 bits per heavy atom. The van der Waals surface area contributed by atoms with Gasteiger partial charge in [0.1, 0.15) is 11.6 Å². The lowest BCUT2D eigenvalue weighted by atomic mass is 9.81. The lowest BCUT2D eigenvalue weighted by molar-refractivity contribution is -0.225. The summed E-state index contributed by atoms with van der Waals surface area (Å²) in [6, 6.07) is 3.01. The molecule has 0 saturated carbocycles. The van der Waals surface area contributed by atoms with Crippen LogP contribution in [-0.2, 0) is 10.9 Å². The molecule has 2 fully saturated rings. The molecule has 1 aromatic heterocycles. The SMILES string of the molecule is O=C(O)N1CCC2(CC1)CC(c1cccc(C(F)(F)F)n1)[C@H](C(CO)C(F)(F)F)O2. The molecule has 2 unspecified atom stereocenters. The molecule has 2 aliphatic heterocycles. The third-order valence-corrected chi connectivity index (χ3v) is 5.77. The van der Waals surface area contributed by atoms with Crippen molar-refractivity contribution in [2.45, 2.75) is 49.2 Å². The molecule has 1 aromatic rings. The van der Waals surface area contributed by atoms with Crippen molar-refractivity contribution in [2.24, 2.45) is 5.92 Å². The van der Waals surface area contributed by atoms with E-state index in [1.165, 1.54) is 6.07 Å². The first-order chi connectivity index (χ1) is 13.9. The minimum atomic E-state index is -4.84. The number of halogens is 6. The van der Waals surface area contributed by atoms with Crippen molar-refractivity contribution in [1.29, 1.82) is 0 Å². The Morgan fingerprint density at radius 2 is 1.87 bits per heavy atom. The molecule has 12 heteroatoms. The summed E-state index contributed by atoms with van der Waals surface area (Å²) in [6.07, 6.45) is -12.3. The first kappa shape index (κ1) is 22.6. The predicted molar refractivity (Wildman–Crippen MR) is 89.7 cm³/mol. The normalized spacial score (nSPS) is 25.5. The predicted octanol–water partition coefficient (Wildman–Crippen LogP) is 3.66. The molecule has 168 valence electrons. The highest BCUT2D eigenvalue weighted by Gasteiger charge is 2.57. The number of hydrogen-bond acceptors (Lipinski definition) is 4. The number of likely N-dealkylation sites (tertiary alicyclic amines) is 1. The fourth-order valence-corrected chi connectivity index (χ4v) is 4.21. The van der Waals surface area contributed by atoms with Crippen LogP contribution in [-0.4, -0.2) is 63.8 Å². The van der Waals surface area contributed by atoms with Gasteiger partial charge in [-0.3, -0.25) is 0 Å². The van der Waals surface area contributed by atoms with Crippen LogP contribution < -0.4 is 0 Å². The highest BCUT2D eigenvalue weighted by Crippen LogP contribution is 2.51. The molecule has 1 spiro atoms. The minimum absolute atomic E-state index is 0.0284. The zero-order valence-corrected chi connectivity index (χ0v) is 15.6. The van der Waals surface area contributed by atoms with Gasteiger partial charge in [0.25, 0.3) is 0 Å². The van der Waals surface area contributed by atoms with Gasteiger partial charge >= 0.3 is 18.4 Å². The first-order valence-corrected chi connectivity index (χ1v) is 9.24. The van der Waals surface area contributed by atoms with Crippen molar-refractivity contribution in [3.63, 3.8) is 0 Å². The number of carboxylic acid groups (broad SMARTS) is 1. The van der Waals surface area contributed by atoms with Gasteiger partial charge in [-0.05, 0) is 31.4 Å². The molecule has 30 heavy (non-hydrogen) atoms. The average Bonchev–Trinajstić information content (AvgIpc) is 2.99. The van der Waals surface area contributed by atoms with Crippen LogP contribution in [0.1, 0.15) is 36.6 Å². The molecule has 2 N–H and O–H groups in total. The molecular formula is C18H20F6N2O4. The molecule has 2 aliphatic rings. The molecule has 6 nitrogen and oxygen atoms in total. The van der Waals surface area contributed by atoms with Crippen molar-refractivity contribution in [1.82, 2.24) is 9.88 Å². The van der Waals surface area contributed by atoms with Crippen LogP contribution in [0.4, 0.5) is 31.1 Å². The number of hydrogen-bond donors (Lipinski definition) is 2. The van der Waals surface area contributed by atoms with E-state index in [9.17, 15) is 36.2 Å². The van der Waals surface area contributed by atoms with Crippen LogP contribution in [0.5, 0.6) is 0 Å². The molecule has 1 amide bonds. The van der Waals surface area contributed by atoms with Gasteiger partial charge in [0.2, 0.25) is 0 Å². The number of aliphatic hydroxyl groups is 1. The van der Waals surface area contributed by atoms with E-state index in [4.69, 9.17) is 9.84 Å². The summed E-state index contributed by atoms with van der Waals surface area (Å²) in [5.74, 6) is -3.45. The van der Waals surface area contributed by atoms with Crippen molar-refractivity contribution >= 4 is 6.09 Å². The van der Waals surface area contributed by atoms with E-state index in [2.05, 4.69) is 4.98 Å². The largest absolute Gasteiger partial charge is 0.465 e. The Morgan fingerprint density at radius 3 is 2.37 bits per heavy atom. The van der Waals surface area contributed by atoms with Gasteiger partial charge in [-0.15, -0.1) is 0 Å². The van der Waals surface area contributed by atoms with E-state index in [0.29, 0.717) is 0 Å². The Labute approximate surface area is 167 Å². The minimum Gasteiger partial charge on any atom is -0.465 e. The summed E-state index contributed by atoms with van der Waals surface area (Å²) in [7, 11) is 0. The number of ether oxygens (including phenoxy) is 1. The standard InChI is InChI=1S/C18H20F6N2O4/c19-17(20,21)11(9-27)14-10(12-2-1-3-13(25-12)18(22,23)24)8-16(30-14)4-6-26(7-5-16)15(28)29/h1-3,10-11,14,27H,4-9H2,(H,28,29)/t10?,11?,14-/m1/s1. The second kappa shape index (κ2) is 7.88. The van der Waals surface area contributed by atoms with E-state index in [1.54, 1.807) is 0 Å². The summed E-state index contributed by atoms with van der Waals surface area (Å²) in [4.78, 5) is 15.8. The number of alkyl halides is 6. The number of aliphatic hydroxyl groups excluding tert-OH is 1. The van der Waals surface area contributed by atoms with Gasteiger partial charge < -0.3 is 19.8 Å². The van der Waals surface area contributed by atoms with Crippen LogP contribution in [0.15, 0.2) is 18.2 Å². The van der Waals surface area contributed by atoms with E-state index >= 15 is 0 Å². The molecule has 0 radical (unpaired) electrons. The number of pyridine rings is 1. The van der Waals surface area contributed by atoms with Gasteiger partial charge in [-0.25, -0.2) is 9.78 Å². The van der Waals surface area contributed by atoms with Gasteiger partial charge in [-0.1, -0.05) is 6.07 Å². The molecule has 3 atom stereocenters. The van der Waals surface area contributed by atoms with Gasteiger partial charge in [-0.2, -0.15) is 26.3 Å². The van der Waals surface area contributed by atoms with Crippen molar-refractivity contribution in [3.8, 4) is 0 Å². The highest BCUT2D eigenvalue weighted by molar-refractivity contribution is 5.65. The number of aromatic nitrogens is 1. The van der Waals surface area contributed by atoms with Crippen LogP contribution in [0.2, 0.25) is 0 Å². The van der Waals surface area contributed by atoms with Crippen molar-refractivity contribution in [2.75, 3.05) is 19.7 Å². The molecule has 0 bridgehead atoms. The van der Waals surface area contributed by atoms with Crippen molar-refractivity contribution in [3.05, 3.63) is 29.6 Å². The molecule has 2 saturated heterocycles. The molecule has 0 aromatic carbocycles. The molecular weight excluding hydrogens is 422 g/mol. The average molecular weight is 442 g/mol. The van der Waals surface area contributed by atoms with Gasteiger partial charge in [0, 0.05) is 24.7 Å². The summed E-state index contributed by atoms with van der Waals surface area (Å²) in [6.45, 7) is -1.23. The maximum Gasteiger partial charge on any atom is 0.433 e. The fourth-order valence-electron chi connectivity index (χ4n) is 4.21. The van der Waals surface area contributed by atoms with Gasteiger partial charge in [0.05, 0.1) is 18.3 Å². The molecule has 3 rings (SSSR count). The number of amides is 1. The highest BCUT2D eigenvalue weighted by atomic mass is 19.4. The van der Waals surface area contributed by atoms with Crippen LogP contribution in [0.25, 0.3) is 0 Å². The third kappa shape index (κ3) is 4.48. The van der Waals surface area contributed by atoms with E-state index in [-0.39, 0.29) is 38.0 Å². The van der Waals surface area contributed by atoms with E-state index < -0.39 is 54.3 Å². The maximum atomic E-state index is 13.5. The monoisotopic (exact) mass is 442 g/mol. The quantitative estimate of drug-likeness (QED) is 0.699. The number of nitrogens with zero attached hydrogens (tertiary/aromatic N) is 2. The summed E-state index contributed by atoms with van der Waals surface area (Å²) < 4.78 is 85.5. The van der Waals surface area contributed by atoms with E-state index in [1.807, 2.05) is 0 Å². The third-order valence-electron chi connectivity index (χ3n) is 5.77. The smallest absolute Gasteiger partial charge is 0.433 e. The Hall–Kier alpha value is -2.08. The summed E-state index contributed by atoms with van der Waals surface area (Å²) in [5.41, 5.74) is -2.56. The second-order valence-corrected chi connectivity index (χ2v) is 7.62. The van der Waals surface area contributed by atoms with Crippen LogP contribution in [0, 0.1) is 5.92 Å². The molecule has 3 heterocycles. The maximum absolute atomic E-state index is 13.5. The van der Waals surface area contributed by atoms with Crippen LogP contribution >= 0.6 is 0 Å². The zero-order chi connectivity index (χ0) is 22.3. The van der Waals surface area contributed by atoms with Crippen molar-refractivity contribution < 1.29 is 46.1 Å². The summed E-state index contributed by atoms with van der Waals surface area (Å²) >= 11 is 0. The number of carbonyl (C=O) groups is 1.